The summed E-state index contributed by atoms with van der Waals surface area (Å²) >= 11 is 0. The minimum absolute atomic E-state index is 0.378. The summed E-state index contributed by atoms with van der Waals surface area (Å²) in [6.45, 7) is 5.34. The van der Waals surface area contributed by atoms with Gasteiger partial charge in [0.25, 0.3) is 0 Å². The molecular weight excluding hydrogens is 246 g/mol. The van der Waals surface area contributed by atoms with Gasteiger partial charge in [0.1, 0.15) is 5.60 Å². The second-order valence-corrected chi connectivity index (χ2v) is 5.82. The first-order chi connectivity index (χ1) is 8.79. The molecule has 0 aromatic carbocycles. The highest BCUT2D eigenvalue weighted by molar-refractivity contribution is 5.73. The molecule has 2 N–H and O–H groups in total. The van der Waals surface area contributed by atoms with E-state index in [1.54, 1.807) is 20.8 Å². The number of carboxylic acids is 1. The number of allylic oxidation sites excluding steroid dienone is 2. The van der Waals surface area contributed by atoms with Gasteiger partial charge in [-0.2, -0.15) is 0 Å². The summed E-state index contributed by atoms with van der Waals surface area (Å²) in [5, 5.41) is 12.0. The quantitative estimate of drug-likeness (QED) is 0.756. The van der Waals surface area contributed by atoms with Crippen molar-refractivity contribution >= 4 is 12.1 Å². The van der Waals surface area contributed by atoms with E-state index >= 15 is 0 Å². The van der Waals surface area contributed by atoms with Crippen molar-refractivity contribution in [1.29, 1.82) is 0 Å². The topological polar surface area (TPSA) is 75.6 Å². The molecule has 0 heterocycles. The van der Waals surface area contributed by atoms with Gasteiger partial charge >= 0.3 is 12.1 Å². The van der Waals surface area contributed by atoms with E-state index in [1.165, 1.54) is 0 Å². The molecular formula is C14H23NO4. The Morgan fingerprint density at radius 1 is 1.21 bits per heavy atom. The number of hydrogen-bond donors (Lipinski definition) is 2. The van der Waals surface area contributed by atoms with E-state index in [0.29, 0.717) is 12.8 Å². The molecule has 5 heteroatoms. The van der Waals surface area contributed by atoms with Crippen LogP contribution in [0.2, 0.25) is 0 Å². The number of carbonyl (C=O) groups is 2. The van der Waals surface area contributed by atoms with Crippen LogP contribution in [0.15, 0.2) is 12.2 Å². The van der Waals surface area contributed by atoms with Gasteiger partial charge in [0.2, 0.25) is 0 Å². The van der Waals surface area contributed by atoms with Gasteiger partial charge in [-0.15, -0.1) is 0 Å². The van der Waals surface area contributed by atoms with Crippen molar-refractivity contribution in [3.63, 3.8) is 0 Å². The molecule has 0 aromatic heterocycles. The summed E-state index contributed by atoms with van der Waals surface area (Å²) in [7, 11) is 0. The average molecular weight is 269 g/mol. The maximum absolute atomic E-state index is 11.7. The molecule has 0 fully saturated rings. The third-order valence-electron chi connectivity index (χ3n) is 2.96. The van der Waals surface area contributed by atoms with Crippen molar-refractivity contribution in [2.75, 3.05) is 0 Å². The van der Waals surface area contributed by atoms with Crippen LogP contribution in [-0.2, 0) is 9.53 Å². The average Bonchev–Trinajstić information content (AvgIpc) is 2.18. The van der Waals surface area contributed by atoms with Gasteiger partial charge in [-0.05, 0) is 46.5 Å². The summed E-state index contributed by atoms with van der Waals surface area (Å²) in [5.74, 6) is -1.42. The molecule has 0 saturated carbocycles. The lowest BCUT2D eigenvalue weighted by Crippen LogP contribution is -2.45. The van der Waals surface area contributed by atoms with Crippen molar-refractivity contribution < 1.29 is 19.4 Å². The fourth-order valence-electron chi connectivity index (χ4n) is 2.12. The Bertz CT molecular complexity index is 357. The molecule has 1 aliphatic carbocycles. The number of nitrogens with one attached hydrogen (secondary N) is 1. The number of carboxylic acid groups (broad SMARTS) is 1. The van der Waals surface area contributed by atoms with Gasteiger partial charge < -0.3 is 15.2 Å². The number of carbonyl (C=O) groups excluding carboxylic acids is 1. The number of amides is 1. The lowest BCUT2D eigenvalue weighted by Gasteiger charge is -2.27. The highest BCUT2D eigenvalue weighted by Crippen LogP contribution is 2.20. The minimum atomic E-state index is -0.864. The number of ether oxygens (including phenoxy) is 1. The molecule has 0 aliphatic heterocycles. The van der Waals surface area contributed by atoms with Gasteiger partial charge in [-0.25, -0.2) is 4.79 Å². The normalized spacial score (nSPS) is 24.2. The number of hydrogen-bond acceptors (Lipinski definition) is 3. The summed E-state index contributed by atoms with van der Waals surface area (Å²) < 4.78 is 5.18. The Labute approximate surface area is 114 Å². The van der Waals surface area contributed by atoms with Crippen LogP contribution in [0.5, 0.6) is 0 Å². The predicted octanol–water partition coefficient (Wildman–Crippen LogP) is 2.71. The first kappa shape index (κ1) is 15.5. The molecule has 19 heavy (non-hydrogen) atoms. The Hall–Kier alpha value is -1.52. The fourth-order valence-corrected chi connectivity index (χ4v) is 2.12. The zero-order chi connectivity index (χ0) is 14.5. The molecule has 1 amide bonds. The van der Waals surface area contributed by atoms with Crippen molar-refractivity contribution in [1.82, 2.24) is 5.32 Å². The Morgan fingerprint density at radius 3 is 2.32 bits per heavy atom. The lowest BCUT2D eigenvalue weighted by molar-refractivity contribution is -0.143. The largest absolute Gasteiger partial charge is 0.481 e. The van der Waals surface area contributed by atoms with Crippen molar-refractivity contribution in [3.05, 3.63) is 12.2 Å². The number of alkyl carbamates (subject to hydrolysis) is 1. The first-order valence-electron chi connectivity index (χ1n) is 6.67. The van der Waals surface area contributed by atoms with Crippen LogP contribution in [0.25, 0.3) is 0 Å². The van der Waals surface area contributed by atoms with Crippen LogP contribution in [0, 0.1) is 5.92 Å². The summed E-state index contributed by atoms with van der Waals surface area (Å²) in [6, 6.07) is -0.378. The summed E-state index contributed by atoms with van der Waals surface area (Å²) in [4.78, 5) is 23.0. The predicted molar refractivity (Wildman–Crippen MR) is 71.9 cm³/mol. The van der Waals surface area contributed by atoms with Gasteiger partial charge in [-0.1, -0.05) is 12.2 Å². The van der Waals surface area contributed by atoms with Crippen molar-refractivity contribution in [2.45, 2.75) is 58.1 Å². The molecule has 1 rings (SSSR count). The minimum Gasteiger partial charge on any atom is -0.481 e. The molecule has 0 radical (unpaired) electrons. The maximum Gasteiger partial charge on any atom is 0.407 e. The third kappa shape index (κ3) is 5.77. The summed E-state index contributed by atoms with van der Waals surface area (Å²) in [6.07, 6.45) is 6.13. The van der Waals surface area contributed by atoms with Crippen LogP contribution in [0.4, 0.5) is 4.79 Å². The van der Waals surface area contributed by atoms with Gasteiger partial charge in [0.05, 0.1) is 5.92 Å². The monoisotopic (exact) mass is 269 g/mol. The second kappa shape index (κ2) is 6.59. The smallest absolute Gasteiger partial charge is 0.407 e. The first-order valence-corrected chi connectivity index (χ1v) is 6.67. The zero-order valence-corrected chi connectivity index (χ0v) is 11.8. The van der Waals surface area contributed by atoms with E-state index < -0.39 is 23.6 Å². The third-order valence-corrected chi connectivity index (χ3v) is 2.96. The molecule has 2 unspecified atom stereocenters. The highest BCUT2D eigenvalue weighted by atomic mass is 16.6. The standard InChI is InChI=1S/C14H23NO4/c1-14(2,3)19-13(18)15-11-9-7-5-4-6-8-10(11)12(16)17/h4-5,10-11H,6-9H2,1-3H3,(H,15,18)(H,16,17). The Kier molecular flexibility index (Phi) is 5.39. The van der Waals surface area contributed by atoms with Gasteiger partial charge in [0.15, 0.2) is 0 Å². The van der Waals surface area contributed by atoms with Crippen molar-refractivity contribution in [2.24, 2.45) is 5.92 Å². The number of rotatable bonds is 2. The molecule has 1 aliphatic rings. The summed E-state index contributed by atoms with van der Waals surface area (Å²) in [5.41, 5.74) is -0.579. The molecule has 0 spiro atoms. The van der Waals surface area contributed by atoms with E-state index in [2.05, 4.69) is 5.32 Å². The molecule has 0 bridgehead atoms. The SMILES string of the molecule is CC(C)(C)OC(=O)NC1CCC=CCCC1C(=O)O. The number of aliphatic carboxylic acids is 1. The molecule has 2 atom stereocenters. The van der Waals surface area contributed by atoms with E-state index in [0.717, 1.165) is 12.8 Å². The van der Waals surface area contributed by atoms with Crippen LogP contribution in [0.3, 0.4) is 0 Å². The van der Waals surface area contributed by atoms with Crippen molar-refractivity contribution in [3.8, 4) is 0 Å². The van der Waals surface area contributed by atoms with Crippen LogP contribution in [0.1, 0.15) is 46.5 Å². The van der Waals surface area contributed by atoms with Gasteiger partial charge in [-0.3, -0.25) is 4.79 Å². The van der Waals surface area contributed by atoms with Crippen LogP contribution < -0.4 is 5.32 Å². The van der Waals surface area contributed by atoms with E-state index in [4.69, 9.17) is 4.74 Å². The fraction of sp³-hybridized carbons (Fsp3) is 0.714. The van der Waals surface area contributed by atoms with Crippen LogP contribution >= 0.6 is 0 Å². The lowest BCUT2D eigenvalue weighted by atomic mass is 9.89. The molecule has 0 aromatic rings. The Morgan fingerprint density at radius 2 is 1.79 bits per heavy atom. The maximum atomic E-state index is 11.7. The molecule has 5 nitrogen and oxygen atoms in total. The highest BCUT2D eigenvalue weighted by Gasteiger charge is 2.30. The van der Waals surface area contributed by atoms with E-state index in [9.17, 15) is 14.7 Å². The van der Waals surface area contributed by atoms with Crippen LogP contribution in [-0.4, -0.2) is 28.8 Å². The van der Waals surface area contributed by atoms with E-state index in [-0.39, 0.29) is 6.04 Å². The second-order valence-electron chi connectivity index (χ2n) is 5.82. The van der Waals surface area contributed by atoms with E-state index in [1.807, 2.05) is 12.2 Å². The molecule has 0 saturated heterocycles. The Balaban J connectivity index is 2.67. The zero-order valence-electron chi connectivity index (χ0n) is 11.8. The van der Waals surface area contributed by atoms with Gasteiger partial charge in [0, 0.05) is 6.04 Å². The molecule has 108 valence electrons.